The van der Waals surface area contributed by atoms with Crippen LogP contribution in [0.3, 0.4) is 0 Å². The summed E-state index contributed by atoms with van der Waals surface area (Å²) in [5.41, 5.74) is 4.40. The molecule has 0 unspecified atom stereocenters. The molecule has 0 saturated carbocycles. The van der Waals surface area contributed by atoms with Gasteiger partial charge in [0.2, 0.25) is 0 Å². The summed E-state index contributed by atoms with van der Waals surface area (Å²) in [6.45, 7) is 15.2. The number of ketones is 2. The second-order valence-electron chi connectivity index (χ2n) is 12.5. The lowest BCUT2D eigenvalue weighted by Crippen LogP contribution is -2.44. The molecule has 4 rings (SSSR count). The molecule has 0 atom stereocenters. The second-order valence-corrected chi connectivity index (χ2v) is 12.5. The number of ether oxygens (including phenoxy) is 3. The lowest BCUT2D eigenvalue weighted by Gasteiger charge is -2.49. The average Bonchev–Trinajstić information content (AvgIpc) is 2.82. The first-order valence-electron chi connectivity index (χ1n) is 14.2. The molecule has 1 heterocycles. The third-order valence-corrected chi connectivity index (χ3v) is 7.81. The molecule has 38 heavy (non-hydrogen) atoms. The van der Waals surface area contributed by atoms with Gasteiger partial charge in [0.15, 0.2) is 23.1 Å². The zero-order chi connectivity index (χ0) is 27.7. The summed E-state index contributed by atoms with van der Waals surface area (Å²) in [7, 11) is 1.71. The Kier molecular flexibility index (Phi) is 8.41. The Morgan fingerprint density at radius 3 is 1.97 bits per heavy atom. The Balaban J connectivity index is 1.92. The third kappa shape index (κ3) is 5.70. The molecule has 3 aliphatic rings. The molecule has 0 bridgehead atoms. The fourth-order valence-corrected chi connectivity index (χ4v) is 6.32. The standard InChI is InChI=1S/C32H45NO5/c1-8-14-38-26-12-11-21(16-27(26)37-9-2)28-29-22(17-31(3,4)19-24(29)34)33(13-10-15-36-7)23-18-32(5,6)20-25(35)30(23)28/h11-12,16,28H,8-10,13-15,17-20H2,1-7H3. The molecule has 1 aromatic carbocycles. The topological polar surface area (TPSA) is 65.1 Å². The number of methoxy groups -OCH3 is 1. The van der Waals surface area contributed by atoms with Crippen molar-refractivity contribution in [2.45, 2.75) is 86.0 Å². The average molecular weight is 524 g/mol. The van der Waals surface area contributed by atoms with Crippen LogP contribution in [0, 0.1) is 10.8 Å². The maximum atomic E-state index is 13.9. The van der Waals surface area contributed by atoms with Gasteiger partial charge in [-0.05, 0) is 61.1 Å². The maximum Gasteiger partial charge on any atom is 0.162 e. The molecule has 0 radical (unpaired) electrons. The van der Waals surface area contributed by atoms with E-state index >= 15 is 0 Å². The fourth-order valence-electron chi connectivity index (χ4n) is 6.32. The van der Waals surface area contributed by atoms with Crippen molar-refractivity contribution in [2.75, 3.05) is 33.5 Å². The van der Waals surface area contributed by atoms with Crippen molar-refractivity contribution in [3.63, 3.8) is 0 Å². The van der Waals surface area contributed by atoms with E-state index in [0.29, 0.717) is 44.2 Å². The van der Waals surface area contributed by atoms with Crippen molar-refractivity contribution < 1.29 is 23.8 Å². The van der Waals surface area contributed by atoms with Crippen LogP contribution in [0.4, 0.5) is 0 Å². The molecule has 1 aromatic rings. The van der Waals surface area contributed by atoms with E-state index in [0.717, 1.165) is 60.3 Å². The predicted octanol–water partition coefficient (Wildman–Crippen LogP) is 6.60. The largest absolute Gasteiger partial charge is 0.490 e. The van der Waals surface area contributed by atoms with Gasteiger partial charge in [-0.25, -0.2) is 0 Å². The predicted molar refractivity (Wildman–Crippen MR) is 149 cm³/mol. The van der Waals surface area contributed by atoms with Crippen molar-refractivity contribution in [1.29, 1.82) is 0 Å². The lowest BCUT2D eigenvalue weighted by molar-refractivity contribution is -0.119. The van der Waals surface area contributed by atoms with Crippen molar-refractivity contribution in [1.82, 2.24) is 4.90 Å². The molecule has 208 valence electrons. The molecule has 0 amide bonds. The van der Waals surface area contributed by atoms with Gasteiger partial charge in [-0.1, -0.05) is 40.7 Å². The van der Waals surface area contributed by atoms with Crippen molar-refractivity contribution in [2.24, 2.45) is 10.8 Å². The van der Waals surface area contributed by atoms with Crippen LogP contribution in [0.1, 0.15) is 91.5 Å². The Morgan fingerprint density at radius 2 is 1.45 bits per heavy atom. The summed E-state index contributed by atoms with van der Waals surface area (Å²) in [6, 6.07) is 5.96. The summed E-state index contributed by atoms with van der Waals surface area (Å²) >= 11 is 0. The first kappa shape index (κ1) is 28.4. The van der Waals surface area contributed by atoms with Crippen LogP contribution >= 0.6 is 0 Å². The van der Waals surface area contributed by atoms with Gasteiger partial charge in [0, 0.05) is 61.6 Å². The molecule has 0 fully saturated rings. The summed E-state index contributed by atoms with van der Waals surface area (Å²) < 4.78 is 17.3. The van der Waals surface area contributed by atoms with Crippen molar-refractivity contribution >= 4 is 11.6 Å². The zero-order valence-corrected chi connectivity index (χ0v) is 24.4. The highest BCUT2D eigenvalue weighted by Gasteiger charge is 2.48. The Hall–Kier alpha value is -2.60. The van der Waals surface area contributed by atoms with Crippen LogP contribution in [0.5, 0.6) is 11.5 Å². The van der Waals surface area contributed by atoms with E-state index in [1.54, 1.807) is 7.11 Å². The lowest BCUT2D eigenvalue weighted by atomic mass is 9.63. The number of allylic oxidation sites excluding steroid dienone is 4. The minimum Gasteiger partial charge on any atom is -0.490 e. The van der Waals surface area contributed by atoms with Crippen LogP contribution in [0.15, 0.2) is 40.7 Å². The smallest absolute Gasteiger partial charge is 0.162 e. The number of hydrogen-bond acceptors (Lipinski definition) is 6. The molecule has 6 nitrogen and oxygen atoms in total. The first-order valence-corrected chi connectivity index (χ1v) is 14.2. The summed E-state index contributed by atoms with van der Waals surface area (Å²) in [5, 5.41) is 0. The fraction of sp³-hybridized carbons (Fsp3) is 0.625. The van der Waals surface area contributed by atoms with Gasteiger partial charge in [-0.15, -0.1) is 0 Å². The van der Waals surface area contributed by atoms with Gasteiger partial charge in [0.1, 0.15) is 0 Å². The highest BCUT2D eigenvalue weighted by Crippen LogP contribution is 2.55. The van der Waals surface area contributed by atoms with Gasteiger partial charge in [0.25, 0.3) is 0 Å². The summed E-state index contributed by atoms with van der Waals surface area (Å²) in [6.07, 6.45) is 4.29. The van der Waals surface area contributed by atoms with Crippen LogP contribution in [-0.4, -0.2) is 49.9 Å². The molecule has 0 saturated heterocycles. The number of rotatable bonds is 10. The van der Waals surface area contributed by atoms with E-state index in [-0.39, 0.29) is 28.3 Å². The highest BCUT2D eigenvalue weighted by atomic mass is 16.5. The zero-order valence-electron chi connectivity index (χ0n) is 24.4. The summed E-state index contributed by atoms with van der Waals surface area (Å²) in [5.74, 6) is 1.27. The molecular formula is C32H45NO5. The molecule has 0 N–H and O–H groups in total. The Bertz CT molecular complexity index is 1090. The molecule has 0 spiro atoms. The number of carbonyl (C=O) groups excluding carboxylic acids is 2. The number of Topliss-reactive ketones (excluding diaryl/α,β-unsaturated/α-hetero) is 2. The SMILES string of the molecule is CCCOc1ccc(C2C3=C(CC(C)(C)CC3=O)N(CCCOC)C3=C2C(=O)CC(C)(C)C3)cc1OCC. The molecule has 6 heteroatoms. The Labute approximate surface area is 228 Å². The Morgan fingerprint density at radius 1 is 0.842 bits per heavy atom. The first-order chi connectivity index (χ1) is 18.0. The van der Waals surface area contributed by atoms with Gasteiger partial charge in [-0.2, -0.15) is 0 Å². The van der Waals surface area contributed by atoms with Crippen LogP contribution in [-0.2, 0) is 14.3 Å². The monoisotopic (exact) mass is 523 g/mol. The van der Waals surface area contributed by atoms with E-state index in [4.69, 9.17) is 14.2 Å². The van der Waals surface area contributed by atoms with Crippen molar-refractivity contribution in [3.05, 3.63) is 46.3 Å². The van der Waals surface area contributed by atoms with E-state index in [2.05, 4.69) is 39.5 Å². The third-order valence-electron chi connectivity index (χ3n) is 7.81. The van der Waals surface area contributed by atoms with Crippen molar-refractivity contribution in [3.8, 4) is 11.5 Å². The molecule has 2 aliphatic carbocycles. The second kappa shape index (κ2) is 11.3. The number of hydrogen-bond donors (Lipinski definition) is 0. The van der Waals surface area contributed by atoms with E-state index in [1.807, 2.05) is 25.1 Å². The minimum atomic E-state index is -0.384. The van der Waals surface area contributed by atoms with E-state index in [1.165, 1.54) is 0 Å². The van der Waals surface area contributed by atoms with Crippen LogP contribution in [0.25, 0.3) is 0 Å². The van der Waals surface area contributed by atoms with Crippen LogP contribution in [0.2, 0.25) is 0 Å². The van der Waals surface area contributed by atoms with Gasteiger partial charge >= 0.3 is 0 Å². The highest BCUT2D eigenvalue weighted by molar-refractivity contribution is 6.06. The summed E-state index contributed by atoms with van der Waals surface area (Å²) in [4.78, 5) is 30.2. The van der Waals surface area contributed by atoms with Gasteiger partial charge in [0.05, 0.1) is 13.2 Å². The number of benzene rings is 1. The molecule has 1 aliphatic heterocycles. The quantitative estimate of drug-likeness (QED) is 0.322. The maximum absolute atomic E-state index is 13.9. The van der Waals surface area contributed by atoms with Gasteiger partial charge < -0.3 is 19.1 Å². The molecular weight excluding hydrogens is 478 g/mol. The normalized spacial score (nSPS) is 21.0. The van der Waals surface area contributed by atoms with E-state index in [9.17, 15) is 9.59 Å². The van der Waals surface area contributed by atoms with Crippen LogP contribution < -0.4 is 9.47 Å². The van der Waals surface area contributed by atoms with E-state index < -0.39 is 0 Å². The minimum absolute atomic E-state index is 0.138. The molecule has 0 aromatic heterocycles. The van der Waals surface area contributed by atoms with Gasteiger partial charge in [-0.3, -0.25) is 9.59 Å². The number of nitrogens with zero attached hydrogens (tertiary/aromatic N) is 1. The number of carbonyl (C=O) groups is 2.